The van der Waals surface area contributed by atoms with Gasteiger partial charge in [0.15, 0.2) is 5.96 Å². The molecule has 0 spiro atoms. The lowest BCUT2D eigenvalue weighted by Gasteiger charge is -2.35. The number of fused-ring (bicyclic) bond motifs is 1. The lowest BCUT2D eigenvalue weighted by molar-refractivity contribution is 0.227. The monoisotopic (exact) mass is 466 g/mol. The first kappa shape index (κ1) is 18.7. The van der Waals surface area contributed by atoms with Gasteiger partial charge in [0.25, 0.3) is 0 Å². The Morgan fingerprint density at radius 3 is 2.54 bits per heavy atom. The maximum atomic E-state index is 6.30. The Hall–Kier alpha value is -2.10. The van der Waals surface area contributed by atoms with Crippen molar-refractivity contribution in [3.05, 3.63) is 48.3 Å². The number of hydrogen-bond acceptors (Lipinski definition) is 5. The van der Waals surface area contributed by atoms with Gasteiger partial charge >= 0.3 is 0 Å². The van der Waals surface area contributed by atoms with Crippen LogP contribution < -0.4 is 15.4 Å². The zero-order valence-corrected chi connectivity index (χ0v) is 17.0. The molecule has 2 atom stereocenters. The Bertz CT molecular complexity index is 763. The molecule has 1 saturated heterocycles. The number of aromatic nitrogens is 2. The molecular formula is C18H23IN6O. The molecule has 0 aliphatic carbocycles. The lowest BCUT2D eigenvalue weighted by atomic mass is 10.1. The van der Waals surface area contributed by atoms with Crippen molar-refractivity contribution in [2.24, 2.45) is 10.7 Å². The highest BCUT2D eigenvalue weighted by molar-refractivity contribution is 14.0. The fraction of sp³-hybridized carbons (Fsp3) is 0.389. The van der Waals surface area contributed by atoms with Crippen molar-refractivity contribution in [3.63, 3.8) is 0 Å². The zero-order valence-electron chi connectivity index (χ0n) is 14.7. The molecule has 2 aliphatic heterocycles. The number of para-hydroxylation sites is 1. The number of aliphatic imine (C=N–C) groups is 1. The van der Waals surface area contributed by atoms with E-state index in [0.29, 0.717) is 5.96 Å². The van der Waals surface area contributed by atoms with E-state index < -0.39 is 0 Å². The number of anilines is 1. The molecule has 26 heavy (non-hydrogen) atoms. The molecule has 0 bridgehead atoms. The topological polar surface area (TPSA) is 79.9 Å². The average Bonchev–Trinajstić information content (AvgIpc) is 2.98. The Balaban J connectivity index is 0.00000196. The predicted octanol–water partition coefficient (Wildman–Crippen LogP) is 2.05. The first-order valence-corrected chi connectivity index (χ1v) is 8.58. The van der Waals surface area contributed by atoms with E-state index in [2.05, 4.69) is 25.8 Å². The second-order valence-electron chi connectivity index (χ2n) is 6.32. The van der Waals surface area contributed by atoms with Crippen LogP contribution in [0.3, 0.4) is 0 Å². The van der Waals surface area contributed by atoms with Gasteiger partial charge < -0.3 is 20.3 Å². The second kappa shape index (κ2) is 8.07. The van der Waals surface area contributed by atoms with Crippen LogP contribution in [0.15, 0.2) is 47.7 Å². The van der Waals surface area contributed by atoms with Gasteiger partial charge in [-0.15, -0.1) is 24.0 Å². The molecule has 8 heteroatoms. The number of hydrogen-bond donors (Lipinski definition) is 1. The van der Waals surface area contributed by atoms with Gasteiger partial charge in [-0.1, -0.05) is 18.2 Å². The van der Waals surface area contributed by atoms with Crippen molar-refractivity contribution < 1.29 is 4.74 Å². The molecule has 2 N–H and O–H groups in total. The van der Waals surface area contributed by atoms with Crippen LogP contribution in [-0.2, 0) is 0 Å². The van der Waals surface area contributed by atoms with E-state index in [1.54, 1.807) is 12.4 Å². The number of nitrogens with zero attached hydrogens (tertiary/aromatic N) is 5. The van der Waals surface area contributed by atoms with E-state index in [1.807, 2.05) is 31.2 Å². The van der Waals surface area contributed by atoms with Crippen LogP contribution in [0.5, 0.6) is 5.75 Å². The molecule has 1 fully saturated rings. The SMILES string of the molecule is CC1Oc2ccccc2C1N=C(N)N1CCN(c2ncccn2)CC1.I. The van der Waals surface area contributed by atoms with Crippen molar-refractivity contribution >= 4 is 35.9 Å². The molecule has 7 nitrogen and oxygen atoms in total. The standard InChI is InChI=1S/C18H22N6O.HI/c1-13-16(14-5-2-3-6-15(14)25-13)22-17(19)23-9-11-24(12-10-23)18-20-7-4-8-21-18;/h2-8,13,16H,9-12H2,1H3,(H2,19,22);1H. The van der Waals surface area contributed by atoms with Crippen molar-refractivity contribution in [3.8, 4) is 5.75 Å². The molecule has 3 heterocycles. The minimum atomic E-state index is -0.0494. The van der Waals surface area contributed by atoms with Crippen LogP contribution in [0.2, 0.25) is 0 Å². The highest BCUT2D eigenvalue weighted by atomic mass is 127. The molecule has 2 aliphatic rings. The quantitative estimate of drug-likeness (QED) is 0.415. The number of ether oxygens (including phenoxy) is 1. The molecule has 138 valence electrons. The van der Waals surface area contributed by atoms with E-state index in [-0.39, 0.29) is 36.1 Å². The predicted molar refractivity (Wildman–Crippen MR) is 112 cm³/mol. The molecule has 0 radical (unpaired) electrons. The molecular weight excluding hydrogens is 443 g/mol. The summed E-state index contributed by atoms with van der Waals surface area (Å²) < 4.78 is 5.88. The van der Waals surface area contributed by atoms with E-state index in [4.69, 9.17) is 15.5 Å². The number of guanidine groups is 1. The van der Waals surface area contributed by atoms with Gasteiger partial charge in [0, 0.05) is 44.1 Å². The number of nitrogens with two attached hydrogens (primary N) is 1. The zero-order chi connectivity index (χ0) is 17.2. The Morgan fingerprint density at radius 1 is 1.12 bits per heavy atom. The summed E-state index contributed by atoms with van der Waals surface area (Å²) in [6, 6.07) is 9.81. The largest absolute Gasteiger partial charge is 0.488 e. The maximum Gasteiger partial charge on any atom is 0.225 e. The molecule has 2 unspecified atom stereocenters. The third kappa shape index (κ3) is 3.69. The van der Waals surface area contributed by atoms with Gasteiger partial charge in [-0.3, -0.25) is 0 Å². The van der Waals surface area contributed by atoms with Crippen LogP contribution in [0.4, 0.5) is 5.95 Å². The number of rotatable bonds is 2. The fourth-order valence-corrected chi connectivity index (χ4v) is 3.34. The molecule has 0 saturated carbocycles. The van der Waals surface area contributed by atoms with Crippen LogP contribution in [0.1, 0.15) is 18.5 Å². The summed E-state index contributed by atoms with van der Waals surface area (Å²) >= 11 is 0. The Labute approximate surface area is 170 Å². The van der Waals surface area contributed by atoms with Gasteiger partial charge in [-0.05, 0) is 19.1 Å². The van der Waals surface area contributed by atoms with Gasteiger partial charge in [0.05, 0.1) is 0 Å². The van der Waals surface area contributed by atoms with Crippen LogP contribution in [0.25, 0.3) is 0 Å². The van der Waals surface area contributed by atoms with Crippen molar-refractivity contribution in [2.75, 3.05) is 31.1 Å². The molecule has 4 rings (SSSR count). The van der Waals surface area contributed by atoms with Gasteiger partial charge in [0.2, 0.25) is 5.95 Å². The van der Waals surface area contributed by atoms with E-state index in [0.717, 1.165) is 43.4 Å². The average molecular weight is 466 g/mol. The molecule has 1 aromatic heterocycles. The van der Waals surface area contributed by atoms with Crippen LogP contribution >= 0.6 is 24.0 Å². The first-order chi connectivity index (χ1) is 12.2. The summed E-state index contributed by atoms with van der Waals surface area (Å²) in [5.74, 6) is 2.25. The minimum Gasteiger partial charge on any atom is -0.488 e. The summed E-state index contributed by atoms with van der Waals surface area (Å²) in [5.41, 5.74) is 7.41. The molecule has 2 aromatic rings. The number of benzene rings is 1. The normalized spacial score (nSPS) is 22.4. The minimum absolute atomic E-state index is 0. The smallest absolute Gasteiger partial charge is 0.225 e. The molecule has 0 amide bonds. The Morgan fingerprint density at radius 2 is 1.81 bits per heavy atom. The van der Waals surface area contributed by atoms with Gasteiger partial charge in [0.1, 0.15) is 17.9 Å². The van der Waals surface area contributed by atoms with Crippen LogP contribution in [0, 0.1) is 0 Å². The summed E-state index contributed by atoms with van der Waals surface area (Å²) in [4.78, 5) is 17.7. The highest BCUT2D eigenvalue weighted by Gasteiger charge is 2.31. The number of piperazine rings is 1. The van der Waals surface area contributed by atoms with Crippen LogP contribution in [-0.4, -0.2) is 53.1 Å². The first-order valence-electron chi connectivity index (χ1n) is 8.58. The summed E-state index contributed by atoms with van der Waals surface area (Å²) in [6.45, 7) is 5.29. The van der Waals surface area contributed by atoms with E-state index in [1.165, 1.54) is 0 Å². The Kier molecular flexibility index (Phi) is 5.80. The summed E-state index contributed by atoms with van der Waals surface area (Å²) in [6.07, 6.45) is 3.53. The third-order valence-electron chi connectivity index (χ3n) is 4.71. The lowest BCUT2D eigenvalue weighted by Crippen LogP contribution is -2.51. The number of halogens is 1. The molecule has 1 aromatic carbocycles. The maximum absolute atomic E-state index is 6.30. The van der Waals surface area contributed by atoms with Gasteiger partial charge in [-0.25, -0.2) is 15.0 Å². The van der Waals surface area contributed by atoms with Crippen molar-refractivity contribution in [1.29, 1.82) is 0 Å². The van der Waals surface area contributed by atoms with Crippen molar-refractivity contribution in [2.45, 2.75) is 19.1 Å². The highest BCUT2D eigenvalue weighted by Crippen LogP contribution is 2.38. The van der Waals surface area contributed by atoms with Gasteiger partial charge in [-0.2, -0.15) is 0 Å². The van der Waals surface area contributed by atoms with E-state index in [9.17, 15) is 0 Å². The fourth-order valence-electron chi connectivity index (χ4n) is 3.34. The summed E-state index contributed by atoms with van der Waals surface area (Å²) in [7, 11) is 0. The van der Waals surface area contributed by atoms with Crippen molar-refractivity contribution in [1.82, 2.24) is 14.9 Å². The second-order valence-corrected chi connectivity index (χ2v) is 6.32. The summed E-state index contributed by atoms with van der Waals surface area (Å²) in [5, 5.41) is 0. The van der Waals surface area contributed by atoms with E-state index >= 15 is 0 Å². The third-order valence-corrected chi connectivity index (χ3v) is 4.71.